The van der Waals surface area contributed by atoms with E-state index in [2.05, 4.69) is 0 Å². The van der Waals surface area contributed by atoms with Crippen molar-refractivity contribution in [3.05, 3.63) is 28.8 Å². The van der Waals surface area contributed by atoms with Gasteiger partial charge in [0.05, 0.1) is 18.1 Å². The summed E-state index contributed by atoms with van der Waals surface area (Å²) in [4.78, 5) is 25.6. The molecule has 1 fully saturated rings. The van der Waals surface area contributed by atoms with Gasteiger partial charge in [0.2, 0.25) is 0 Å². The number of esters is 1. The second kappa shape index (κ2) is 10.1. The van der Waals surface area contributed by atoms with Crippen molar-refractivity contribution in [3.8, 4) is 5.75 Å². The highest BCUT2D eigenvalue weighted by Crippen LogP contribution is 2.22. The summed E-state index contributed by atoms with van der Waals surface area (Å²) in [6.45, 7) is 4.01. The van der Waals surface area contributed by atoms with Crippen LogP contribution in [0.2, 0.25) is 5.02 Å². The first-order chi connectivity index (χ1) is 13.2. The maximum atomic E-state index is 12.3. The van der Waals surface area contributed by atoms with E-state index in [4.69, 9.17) is 21.1 Å². The van der Waals surface area contributed by atoms with E-state index in [9.17, 15) is 18.0 Å². The number of hydrogen-bond acceptors (Lipinski definition) is 6. The number of aryl methyl sites for hydroxylation is 1. The minimum atomic E-state index is -3.08. The monoisotopic (exact) mass is 431 g/mol. The smallest absolute Gasteiger partial charge is 0.306 e. The quantitative estimate of drug-likeness (QED) is 0.440. The molecule has 1 aromatic carbocycles. The second-order valence-electron chi connectivity index (χ2n) is 6.76. The van der Waals surface area contributed by atoms with E-state index in [0.29, 0.717) is 36.8 Å². The maximum Gasteiger partial charge on any atom is 0.306 e. The van der Waals surface area contributed by atoms with Gasteiger partial charge < -0.3 is 14.4 Å². The van der Waals surface area contributed by atoms with Crippen molar-refractivity contribution in [2.45, 2.75) is 39.2 Å². The van der Waals surface area contributed by atoms with Crippen LogP contribution in [0.25, 0.3) is 0 Å². The van der Waals surface area contributed by atoms with Gasteiger partial charge in [-0.2, -0.15) is 0 Å². The molecule has 0 N–H and O–H groups in total. The summed E-state index contributed by atoms with van der Waals surface area (Å²) >= 11 is 5.89. The second-order valence-corrected chi connectivity index (χ2v) is 9.42. The highest BCUT2D eigenvalue weighted by atomic mass is 35.5. The van der Waals surface area contributed by atoms with E-state index in [1.807, 2.05) is 6.92 Å². The van der Waals surface area contributed by atoms with Gasteiger partial charge in [-0.25, -0.2) is 8.42 Å². The molecule has 28 heavy (non-hydrogen) atoms. The van der Waals surface area contributed by atoms with E-state index in [0.717, 1.165) is 5.56 Å². The van der Waals surface area contributed by atoms with Crippen molar-refractivity contribution in [1.82, 2.24) is 4.90 Å². The maximum absolute atomic E-state index is 12.3. The van der Waals surface area contributed by atoms with Crippen LogP contribution < -0.4 is 4.74 Å². The van der Waals surface area contributed by atoms with Crippen molar-refractivity contribution in [2.75, 3.05) is 31.3 Å². The number of nitrogens with zero attached hydrogens (tertiary/aromatic N) is 1. The van der Waals surface area contributed by atoms with Crippen molar-refractivity contribution in [3.63, 3.8) is 0 Å². The van der Waals surface area contributed by atoms with Crippen LogP contribution in [0.1, 0.15) is 31.7 Å². The van der Waals surface area contributed by atoms with Crippen LogP contribution in [0.4, 0.5) is 0 Å². The SMILES string of the molecule is CCN(C(=O)COC(=O)CCCOc1ccc(Cl)cc1C)C1CCS(=O)(=O)C1. The molecule has 1 saturated heterocycles. The van der Waals surface area contributed by atoms with Gasteiger partial charge in [-0.3, -0.25) is 9.59 Å². The molecule has 9 heteroatoms. The fourth-order valence-electron chi connectivity index (χ4n) is 3.13. The molecule has 1 aliphatic rings. The summed E-state index contributed by atoms with van der Waals surface area (Å²) in [5.74, 6) is -0.0834. The molecule has 0 bridgehead atoms. The Bertz CT molecular complexity index is 811. The summed E-state index contributed by atoms with van der Waals surface area (Å²) in [6, 6.07) is 4.97. The third-order valence-electron chi connectivity index (χ3n) is 4.59. The Hall–Kier alpha value is -1.80. The molecule has 7 nitrogen and oxygen atoms in total. The van der Waals surface area contributed by atoms with Gasteiger partial charge in [-0.15, -0.1) is 0 Å². The molecule has 0 radical (unpaired) electrons. The fraction of sp³-hybridized carbons (Fsp3) is 0.579. The molecule has 0 spiro atoms. The number of ether oxygens (including phenoxy) is 2. The number of likely N-dealkylation sites (N-methyl/N-ethyl adjacent to an activating group) is 1. The van der Waals surface area contributed by atoms with Crippen LogP contribution >= 0.6 is 11.6 Å². The van der Waals surface area contributed by atoms with Crippen LogP contribution in [0, 0.1) is 6.92 Å². The topological polar surface area (TPSA) is 90.0 Å². The van der Waals surface area contributed by atoms with E-state index in [-0.39, 0.29) is 36.5 Å². The molecular weight excluding hydrogens is 406 g/mol. The first kappa shape index (κ1) is 22.5. The largest absolute Gasteiger partial charge is 0.493 e. The summed E-state index contributed by atoms with van der Waals surface area (Å²) < 4.78 is 33.8. The Morgan fingerprint density at radius 3 is 2.68 bits per heavy atom. The summed E-state index contributed by atoms with van der Waals surface area (Å²) in [5, 5.41) is 0.634. The molecule has 0 saturated carbocycles. The average Bonchev–Trinajstić information content (AvgIpc) is 2.98. The van der Waals surface area contributed by atoms with Gasteiger partial charge in [0.25, 0.3) is 5.91 Å². The Morgan fingerprint density at radius 2 is 2.07 bits per heavy atom. The van der Waals surface area contributed by atoms with Crippen LogP contribution in [0.5, 0.6) is 5.75 Å². The third-order valence-corrected chi connectivity index (χ3v) is 6.57. The lowest BCUT2D eigenvalue weighted by atomic mass is 10.2. The van der Waals surface area contributed by atoms with Gasteiger partial charge in [-0.1, -0.05) is 11.6 Å². The van der Waals surface area contributed by atoms with Gasteiger partial charge in [-0.05, 0) is 50.5 Å². The zero-order chi connectivity index (χ0) is 20.7. The normalized spacial score (nSPS) is 17.9. The molecule has 2 rings (SSSR count). The summed E-state index contributed by atoms with van der Waals surface area (Å²) in [7, 11) is -3.08. The first-order valence-electron chi connectivity index (χ1n) is 9.26. The Morgan fingerprint density at radius 1 is 1.32 bits per heavy atom. The molecule has 156 valence electrons. The Balaban J connectivity index is 1.69. The number of amides is 1. The lowest BCUT2D eigenvalue weighted by Gasteiger charge is -2.26. The number of rotatable bonds is 9. The van der Waals surface area contributed by atoms with Crippen molar-refractivity contribution >= 4 is 33.3 Å². The van der Waals surface area contributed by atoms with E-state index < -0.39 is 15.8 Å². The minimum absolute atomic E-state index is 0.0258. The Kier molecular flexibility index (Phi) is 8.12. The number of benzene rings is 1. The highest BCUT2D eigenvalue weighted by molar-refractivity contribution is 7.91. The number of carbonyl (C=O) groups excluding carboxylic acids is 2. The van der Waals surface area contributed by atoms with E-state index in [1.165, 1.54) is 4.90 Å². The highest BCUT2D eigenvalue weighted by Gasteiger charge is 2.34. The average molecular weight is 432 g/mol. The number of hydrogen-bond donors (Lipinski definition) is 0. The first-order valence-corrected chi connectivity index (χ1v) is 11.5. The van der Waals surface area contributed by atoms with Crippen molar-refractivity contribution in [2.24, 2.45) is 0 Å². The molecule has 1 amide bonds. The minimum Gasteiger partial charge on any atom is -0.493 e. The van der Waals surface area contributed by atoms with Crippen molar-refractivity contribution < 1.29 is 27.5 Å². The predicted molar refractivity (Wildman–Crippen MR) is 106 cm³/mol. The number of sulfone groups is 1. The lowest BCUT2D eigenvalue weighted by Crippen LogP contribution is -2.43. The summed E-state index contributed by atoms with van der Waals surface area (Å²) in [5.41, 5.74) is 0.911. The van der Waals surface area contributed by atoms with E-state index in [1.54, 1.807) is 25.1 Å². The standard InChI is InChI=1S/C19H26ClNO6S/c1-3-21(16-8-10-28(24,25)13-16)18(22)12-27-19(23)5-4-9-26-17-7-6-15(20)11-14(17)2/h6-7,11,16H,3-5,8-10,12-13H2,1-2H3. The fourth-order valence-corrected chi connectivity index (χ4v) is 5.09. The molecular formula is C19H26ClNO6S. The number of halogens is 1. The predicted octanol–water partition coefficient (Wildman–Crippen LogP) is 2.39. The molecule has 1 atom stereocenters. The van der Waals surface area contributed by atoms with Crippen LogP contribution in [-0.4, -0.2) is 62.5 Å². The van der Waals surface area contributed by atoms with Crippen LogP contribution in [0.15, 0.2) is 18.2 Å². The van der Waals surface area contributed by atoms with Crippen molar-refractivity contribution in [1.29, 1.82) is 0 Å². The van der Waals surface area contributed by atoms with Crippen LogP contribution in [0.3, 0.4) is 0 Å². The Labute approximate surface area is 170 Å². The zero-order valence-corrected chi connectivity index (χ0v) is 17.7. The molecule has 1 unspecified atom stereocenters. The number of carbonyl (C=O) groups is 2. The molecule has 0 aromatic heterocycles. The summed E-state index contributed by atoms with van der Waals surface area (Å²) in [6.07, 6.45) is 1.01. The molecule has 1 heterocycles. The lowest BCUT2D eigenvalue weighted by molar-refractivity contribution is -0.152. The van der Waals surface area contributed by atoms with E-state index >= 15 is 0 Å². The molecule has 0 aliphatic carbocycles. The molecule has 1 aliphatic heterocycles. The van der Waals surface area contributed by atoms with Gasteiger partial charge in [0, 0.05) is 24.0 Å². The molecule has 1 aromatic rings. The van der Waals surface area contributed by atoms with Gasteiger partial charge in [0.1, 0.15) is 5.75 Å². The van der Waals surface area contributed by atoms with Crippen LogP contribution in [-0.2, 0) is 24.2 Å². The van der Waals surface area contributed by atoms with Gasteiger partial charge >= 0.3 is 5.97 Å². The third kappa shape index (κ3) is 6.67. The zero-order valence-electron chi connectivity index (χ0n) is 16.1. The van der Waals surface area contributed by atoms with Gasteiger partial charge in [0.15, 0.2) is 16.4 Å².